The molecule has 18 heavy (non-hydrogen) atoms. The van der Waals surface area contributed by atoms with Crippen LogP contribution in [0.2, 0.25) is 0 Å². The van der Waals surface area contributed by atoms with Crippen LogP contribution in [0.3, 0.4) is 0 Å². The van der Waals surface area contributed by atoms with E-state index in [1.54, 1.807) is 36.7 Å². The summed E-state index contributed by atoms with van der Waals surface area (Å²) in [5, 5.41) is 7.69. The number of ether oxygens (including phenoxy) is 1. The van der Waals surface area contributed by atoms with Crippen molar-refractivity contribution in [1.29, 1.82) is 0 Å². The molecule has 94 valence electrons. The van der Waals surface area contributed by atoms with Gasteiger partial charge in [0.1, 0.15) is 11.6 Å². The van der Waals surface area contributed by atoms with E-state index in [0.717, 1.165) is 0 Å². The molecule has 2 heterocycles. The third-order valence-electron chi connectivity index (χ3n) is 2.34. The Labute approximate surface area is 104 Å². The van der Waals surface area contributed by atoms with Gasteiger partial charge in [-0.05, 0) is 26.0 Å². The van der Waals surface area contributed by atoms with Crippen molar-refractivity contribution in [2.45, 2.75) is 13.8 Å². The predicted octanol–water partition coefficient (Wildman–Crippen LogP) is 0.730. The summed E-state index contributed by atoms with van der Waals surface area (Å²) in [6.07, 6.45) is 1.55. The molecule has 2 rings (SSSR count). The van der Waals surface area contributed by atoms with Gasteiger partial charge in [-0.3, -0.25) is 4.57 Å². The van der Waals surface area contributed by atoms with E-state index in [1.807, 2.05) is 0 Å². The third kappa shape index (κ3) is 2.02. The average Bonchev–Trinajstić information content (AvgIpc) is 2.66. The first-order chi connectivity index (χ1) is 8.65. The number of hydrogen-bond acceptors (Lipinski definition) is 6. The van der Waals surface area contributed by atoms with Gasteiger partial charge in [-0.25, -0.2) is 9.78 Å². The van der Waals surface area contributed by atoms with Crippen LogP contribution in [0.15, 0.2) is 18.3 Å². The van der Waals surface area contributed by atoms with Crippen LogP contribution < -0.4 is 5.73 Å². The van der Waals surface area contributed by atoms with Gasteiger partial charge in [0.25, 0.3) is 0 Å². The quantitative estimate of drug-likeness (QED) is 0.803. The van der Waals surface area contributed by atoms with Crippen molar-refractivity contribution >= 4 is 11.8 Å². The molecule has 0 amide bonds. The average molecular weight is 247 g/mol. The number of aryl methyl sites for hydroxylation is 1. The molecule has 0 aromatic carbocycles. The van der Waals surface area contributed by atoms with Gasteiger partial charge in [0.05, 0.1) is 6.61 Å². The van der Waals surface area contributed by atoms with Crippen molar-refractivity contribution in [3.05, 3.63) is 29.8 Å². The van der Waals surface area contributed by atoms with Crippen LogP contribution in [-0.2, 0) is 4.74 Å². The number of esters is 1. The van der Waals surface area contributed by atoms with Crippen LogP contribution in [0, 0.1) is 6.92 Å². The highest BCUT2D eigenvalue weighted by atomic mass is 16.5. The SMILES string of the molecule is CCOC(=O)c1nc(C)n(-c2cccnn2)c1N. The molecule has 2 aromatic rings. The summed E-state index contributed by atoms with van der Waals surface area (Å²) in [6, 6.07) is 3.46. The largest absolute Gasteiger partial charge is 0.461 e. The Balaban J connectivity index is 2.48. The first-order valence-corrected chi connectivity index (χ1v) is 5.45. The van der Waals surface area contributed by atoms with Crippen LogP contribution in [-0.4, -0.2) is 32.3 Å². The number of nitrogens with zero attached hydrogens (tertiary/aromatic N) is 4. The van der Waals surface area contributed by atoms with E-state index in [-0.39, 0.29) is 18.1 Å². The molecule has 0 saturated carbocycles. The zero-order valence-corrected chi connectivity index (χ0v) is 10.1. The minimum absolute atomic E-state index is 0.0972. The minimum Gasteiger partial charge on any atom is -0.461 e. The normalized spacial score (nSPS) is 10.3. The fraction of sp³-hybridized carbons (Fsp3) is 0.273. The maximum Gasteiger partial charge on any atom is 0.360 e. The molecule has 7 heteroatoms. The summed E-state index contributed by atoms with van der Waals surface area (Å²) in [7, 11) is 0. The second kappa shape index (κ2) is 4.82. The van der Waals surface area contributed by atoms with E-state index in [2.05, 4.69) is 15.2 Å². The number of aromatic nitrogens is 4. The smallest absolute Gasteiger partial charge is 0.360 e. The van der Waals surface area contributed by atoms with Gasteiger partial charge in [-0.15, -0.1) is 5.10 Å². The number of carbonyl (C=O) groups is 1. The first-order valence-electron chi connectivity index (χ1n) is 5.45. The highest BCUT2D eigenvalue weighted by Gasteiger charge is 2.20. The van der Waals surface area contributed by atoms with E-state index in [1.165, 1.54) is 0 Å². The Hall–Kier alpha value is -2.44. The Morgan fingerprint density at radius 2 is 2.33 bits per heavy atom. The summed E-state index contributed by atoms with van der Waals surface area (Å²) in [5.74, 6) is 0.721. The highest BCUT2D eigenvalue weighted by Crippen LogP contribution is 2.19. The van der Waals surface area contributed by atoms with E-state index in [0.29, 0.717) is 11.6 Å². The standard InChI is InChI=1S/C11H13N5O2/c1-3-18-11(17)9-10(12)16(7(2)14-9)8-5-4-6-13-15-8/h4-6H,3,12H2,1-2H3. The molecule has 0 bridgehead atoms. The topological polar surface area (TPSA) is 95.9 Å². The van der Waals surface area contributed by atoms with Crippen LogP contribution in [0.1, 0.15) is 23.2 Å². The van der Waals surface area contributed by atoms with Gasteiger partial charge in [0.2, 0.25) is 0 Å². The van der Waals surface area contributed by atoms with Crippen LogP contribution in [0.25, 0.3) is 5.82 Å². The Morgan fingerprint density at radius 3 is 2.94 bits per heavy atom. The van der Waals surface area contributed by atoms with Crippen molar-refractivity contribution in [2.75, 3.05) is 12.3 Å². The summed E-state index contributed by atoms with van der Waals surface area (Å²) in [6.45, 7) is 3.73. The van der Waals surface area contributed by atoms with Crippen molar-refractivity contribution in [1.82, 2.24) is 19.7 Å². The second-order valence-electron chi connectivity index (χ2n) is 3.53. The van der Waals surface area contributed by atoms with Crippen molar-refractivity contribution in [3.63, 3.8) is 0 Å². The minimum atomic E-state index is -0.541. The lowest BCUT2D eigenvalue weighted by Crippen LogP contribution is -2.10. The molecular formula is C11H13N5O2. The molecule has 0 unspecified atom stereocenters. The zero-order chi connectivity index (χ0) is 13.1. The lowest BCUT2D eigenvalue weighted by atomic mass is 10.4. The van der Waals surface area contributed by atoms with Crippen LogP contribution >= 0.6 is 0 Å². The molecule has 0 spiro atoms. The van der Waals surface area contributed by atoms with Crippen molar-refractivity contribution < 1.29 is 9.53 Å². The van der Waals surface area contributed by atoms with Crippen LogP contribution in [0.4, 0.5) is 5.82 Å². The van der Waals surface area contributed by atoms with E-state index >= 15 is 0 Å². The number of nitrogens with two attached hydrogens (primary N) is 1. The molecule has 0 aliphatic heterocycles. The number of anilines is 1. The van der Waals surface area contributed by atoms with E-state index in [4.69, 9.17) is 10.5 Å². The van der Waals surface area contributed by atoms with Gasteiger partial charge < -0.3 is 10.5 Å². The molecule has 2 aromatic heterocycles. The molecule has 2 N–H and O–H groups in total. The maximum atomic E-state index is 11.6. The van der Waals surface area contributed by atoms with E-state index < -0.39 is 5.97 Å². The number of imidazole rings is 1. The lowest BCUT2D eigenvalue weighted by molar-refractivity contribution is 0.0521. The highest BCUT2D eigenvalue weighted by molar-refractivity contribution is 5.92. The summed E-state index contributed by atoms with van der Waals surface area (Å²) in [5.41, 5.74) is 6.00. The molecule has 0 aliphatic carbocycles. The Morgan fingerprint density at radius 1 is 1.56 bits per heavy atom. The Kier molecular flexibility index (Phi) is 3.22. The first kappa shape index (κ1) is 12.0. The van der Waals surface area contributed by atoms with Gasteiger partial charge in [-0.2, -0.15) is 5.10 Å². The second-order valence-corrected chi connectivity index (χ2v) is 3.53. The van der Waals surface area contributed by atoms with Gasteiger partial charge in [0.15, 0.2) is 11.5 Å². The van der Waals surface area contributed by atoms with Crippen molar-refractivity contribution in [2.24, 2.45) is 0 Å². The summed E-state index contributed by atoms with van der Waals surface area (Å²) >= 11 is 0. The predicted molar refractivity (Wildman–Crippen MR) is 64.3 cm³/mol. The maximum absolute atomic E-state index is 11.6. The fourth-order valence-corrected chi connectivity index (χ4v) is 1.60. The van der Waals surface area contributed by atoms with Crippen LogP contribution in [0.5, 0.6) is 0 Å². The fourth-order valence-electron chi connectivity index (χ4n) is 1.60. The molecule has 0 saturated heterocycles. The number of carbonyl (C=O) groups excluding carboxylic acids is 1. The number of hydrogen-bond donors (Lipinski definition) is 1. The molecular weight excluding hydrogens is 234 g/mol. The summed E-state index contributed by atoms with van der Waals surface area (Å²) < 4.78 is 6.44. The Bertz CT molecular complexity index is 564. The third-order valence-corrected chi connectivity index (χ3v) is 2.34. The van der Waals surface area contributed by atoms with E-state index in [9.17, 15) is 4.79 Å². The molecule has 0 aliphatic rings. The molecule has 0 atom stereocenters. The van der Waals surface area contributed by atoms with Gasteiger partial charge >= 0.3 is 5.97 Å². The van der Waals surface area contributed by atoms with Gasteiger partial charge in [0, 0.05) is 6.20 Å². The zero-order valence-electron chi connectivity index (χ0n) is 10.1. The summed E-state index contributed by atoms with van der Waals surface area (Å²) in [4.78, 5) is 15.7. The van der Waals surface area contributed by atoms with Crippen molar-refractivity contribution in [3.8, 4) is 5.82 Å². The monoisotopic (exact) mass is 247 g/mol. The number of nitrogen functional groups attached to an aromatic ring is 1. The molecule has 0 fully saturated rings. The van der Waals surface area contributed by atoms with Gasteiger partial charge in [-0.1, -0.05) is 0 Å². The lowest BCUT2D eigenvalue weighted by Gasteiger charge is -2.05. The molecule has 7 nitrogen and oxygen atoms in total. The molecule has 0 radical (unpaired) electrons. The number of rotatable bonds is 3.